The average molecular weight is 363 g/mol. The highest BCUT2D eigenvalue weighted by atomic mass is 32.2. The summed E-state index contributed by atoms with van der Waals surface area (Å²) in [6, 6.07) is 5.66. The van der Waals surface area contributed by atoms with Crippen molar-refractivity contribution < 1.29 is 14.0 Å². The summed E-state index contributed by atoms with van der Waals surface area (Å²) < 4.78 is 15.7. The van der Waals surface area contributed by atoms with Crippen molar-refractivity contribution in [2.24, 2.45) is 0 Å². The minimum atomic E-state index is -0.599. The van der Waals surface area contributed by atoms with Crippen LogP contribution in [0.1, 0.15) is 6.92 Å². The molecule has 0 spiro atoms. The molecule has 1 aromatic heterocycles. The second kappa shape index (κ2) is 8.43. The van der Waals surface area contributed by atoms with Crippen LogP contribution in [-0.4, -0.2) is 39.0 Å². The van der Waals surface area contributed by atoms with Gasteiger partial charge in [-0.15, -0.1) is 16.8 Å². The quantitative estimate of drug-likeness (QED) is 0.607. The van der Waals surface area contributed by atoms with E-state index in [0.717, 1.165) is 11.8 Å². The van der Waals surface area contributed by atoms with Gasteiger partial charge in [0.05, 0.1) is 10.8 Å². The lowest BCUT2D eigenvalue weighted by Gasteiger charge is -2.12. The van der Waals surface area contributed by atoms with Gasteiger partial charge in [-0.25, -0.2) is 9.18 Å². The van der Waals surface area contributed by atoms with Crippen molar-refractivity contribution in [1.29, 1.82) is 0 Å². The molecule has 7 nitrogen and oxygen atoms in total. The highest BCUT2D eigenvalue weighted by Gasteiger charge is 2.22. The summed E-state index contributed by atoms with van der Waals surface area (Å²) in [5.74, 6) is -0.536. The van der Waals surface area contributed by atoms with Crippen LogP contribution in [0, 0.1) is 5.82 Å². The van der Waals surface area contributed by atoms with Crippen LogP contribution in [0.2, 0.25) is 0 Å². The van der Waals surface area contributed by atoms with Crippen molar-refractivity contribution in [3.8, 4) is 11.4 Å². The fraction of sp³-hybridized carbons (Fsp3) is 0.250. The normalized spacial score (nSPS) is 11.6. The molecule has 0 aliphatic heterocycles. The van der Waals surface area contributed by atoms with Crippen molar-refractivity contribution in [2.75, 3.05) is 7.05 Å². The van der Waals surface area contributed by atoms with Crippen LogP contribution in [0.15, 0.2) is 42.1 Å². The number of hydrogen-bond donors (Lipinski definition) is 2. The van der Waals surface area contributed by atoms with Crippen LogP contribution < -0.4 is 10.6 Å². The molecule has 2 rings (SSSR count). The molecule has 1 atom stereocenters. The molecule has 0 radical (unpaired) electrons. The number of allylic oxidation sites excluding steroid dienone is 1. The van der Waals surface area contributed by atoms with Crippen molar-refractivity contribution in [2.45, 2.75) is 23.9 Å². The highest BCUT2D eigenvalue weighted by Crippen LogP contribution is 2.28. The zero-order valence-corrected chi connectivity index (χ0v) is 14.6. The number of benzene rings is 1. The zero-order chi connectivity index (χ0) is 18.4. The van der Waals surface area contributed by atoms with Gasteiger partial charge in [-0.05, 0) is 19.1 Å². The second-order valence-corrected chi connectivity index (χ2v) is 6.32. The first-order valence-corrected chi connectivity index (χ1v) is 8.34. The summed E-state index contributed by atoms with van der Waals surface area (Å²) in [7, 11) is 1.42. The lowest BCUT2D eigenvalue weighted by molar-refractivity contribution is -0.119. The molecule has 0 bridgehead atoms. The van der Waals surface area contributed by atoms with E-state index >= 15 is 0 Å². The monoisotopic (exact) mass is 363 g/mol. The number of imide groups is 1. The van der Waals surface area contributed by atoms with Crippen LogP contribution in [0.25, 0.3) is 11.4 Å². The minimum absolute atomic E-state index is 0.311. The molecule has 0 saturated carbocycles. The van der Waals surface area contributed by atoms with E-state index in [-0.39, 0.29) is 0 Å². The summed E-state index contributed by atoms with van der Waals surface area (Å²) in [5, 5.41) is 12.4. The molecule has 0 aliphatic rings. The Morgan fingerprint density at radius 3 is 2.76 bits per heavy atom. The molecule has 3 amide bonds. The number of halogens is 1. The topological polar surface area (TPSA) is 88.9 Å². The largest absolute Gasteiger partial charge is 0.341 e. The van der Waals surface area contributed by atoms with Gasteiger partial charge in [-0.3, -0.25) is 14.7 Å². The molecule has 2 aromatic rings. The predicted molar refractivity (Wildman–Crippen MR) is 93.5 cm³/mol. The predicted octanol–water partition coefficient (Wildman–Crippen LogP) is 2.21. The average Bonchev–Trinajstić information content (AvgIpc) is 2.98. The van der Waals surface area contributed by atoms with E-state index in [1.807, 2.05) is 0 Å². The van der Waals surface area contributed by atoms with Crippen molar-refractivity contribution >= 4 is 23.7 Å². The Kier molecular flexibility index (Phi) is 6.29. The summed E-state index contributed by atoms with van der Waals surface area (Å²) >= 11 is 1.12. The molecular weight excluding hydrogens is 345 g/mol. The van der Waals surface area contributed by atoms with E-state index in [9.17, 15) is 14.0 Å². The summed E-state index contributed by atoms with van der Waals surface area (Å²) in [5.41, 5.74) is 0.311. The fourth-order valence-corrected chi connectivity index (χ4v) is 2.86. The molecule has 1 heterocycles. The Morgan fingerprint density at radius 1 is 1.40 bits per heavy atom. The number of hydrogen-bond acceptors (Lipinski definition) is 5. The summed E-state index contributed by atoms with van der Waals surface area (Å²) in [6.45, 7) is 5.67. The van der Waals surface area contributed by atoms with Crippen LogP contribution in [-0.2, 0) is 11.3 Å². The third-order valence-corrected chi connectivity index (χ3v) is 4.34. The molecule has 1 unspecified atom stereocenters. The summed E-state index contributed by atoms with van der Waals surface area (Å²) in [4.78, 5) is 23.2. The number of nitrogens with zero attached hydrogens (tertiary/aromatic N) is 3. The Labute approximate surface area is 148 Å². The van der Waals surface area contributed by atoms with Gasteiger partial charge in [0.25, 0.3) is 0 Å². The van der Waals surface area contributed by atoms with Crippen molar-refractivity contribution in [1.82, 2.24) is 25.4 Å². The van der Waals surface area contributed by atoms with E-state index < -0.39 is 23.0 Å². The second-order valence-electron chi connectivity index (χ2n) is 5.01. The van der Waals surface area contributed by atoms with E-state index in [1.165, 1.54) is 13.1 Å². The number of urea groups is 1. The van der Waals surface area contributed by atoms with Gasteiger partial charge >= 0.3 is 6.03 Å². The number of amides is 3. The van der Waals surface area contributed by atoms with Gasteiger partial charge < -0.3 is 5.32 Å². The molecule has 25 heavy (non-hydrogen) atoms. The maximum atomic E-state index is 14.1. The van der Waals surface area contributed by atoms with E-state index in [2.05, 4.69) is 27.4 Å². The van der Waals surface area contributed by atoms with Gasteiger partial charge in [0, 0.05) is 13.6 Å². The number of aromatic nitrogens is 3. The van der Waals surface area contributed by atoms with Crippen molar-refractivity contribution in [3.63, 3.8) is 0 Å². The Morgan fingerprint density at radius 2 is 2.12 bits per heavy atom. The molecule has 9 heteroatoms. The highest BCUT2D eigenvalue weighted by molar-refractivity contribution is 8.00. The molecule has 132 valence electrons. The smallest absolute Gasteiger partial charge is 0.321 e. The molecule has 0 aliphatic carbocycles. The van der Waals surface area contributed by atoms with Gasteiger partial charge in [0.15, 0.2) is 11.0 Å². The van der Waals surface area contributed by atoms with Gasteiger partial charge in [-0.2, -0.15) is 0 Å². The lowest BCUT2D eigenvalue weighted by atomic mass is 10.2. The minimum Gasteiger partial charge on any atom is -0.341 e. The number of rotatable bonds is 6. The van der Waals surface area contributed by atoms with Crippen LogP contribution >= 0.6 is 11.8 Å². The van der Waals surface area contributed by atoms with Gasteiger partial charge in [0.1, 0.15) is 5.82 Å². The lowest BCUT2D eigenvalue weighted by Crippen LogP contribution is -2.41. The van der Waals surface area contributed by atoms with E-state index in [4.69, 9.17) is 0 Å². The SMILES string of the molecule is C=CCn1c(SC(C)C(=O)NC(=O)NC)nnc1-c1ccccc1F. The van der Waals surface area contributed by atoms with Crippen LogP contribution in [0.5, 0.6) is 0 Å². The Hall–Kier alpha value is -2.68. The molecule has 2 N–H and O–H groups in total. The number of nitrogens with one attached hydrogen (secondary N) is 2. The van der Waals surface area contributed by atoms with Gasteiger partial charge in [0.2, 0.25) is 5.91 Å². The maximum absolute atomic E-state index is 14.1. The fourth-order valence-electron chi connectivity index (χ4n) is 2.00. The number of carbonyl (C=O) groups is 2. The standard InChI is InChI=1S/C16H18FN5O2S/c1-4-9-22-13(11-7-5-6-8-12(11)17)20-21-16(22)25-10(2)14(23)19-15(24)18-3/h4-8,10H,1,9H2,2-3H3,(H2,18,19,23,24). The first kappa shape index (κ1) is 18.7. The van der Waals surface area contributed by atoms with E-state index in [1.54, 1.807) is 35.8 Å². The Balaban J connectivity index is 2.27. The molecule has 1 aromatic carbocycles. The Bertz CT molecular complexity index is 793. The van der Waals surface area contributed by atoms with Crippen LogP contribution in [0.4, 0.5) is 9.18 Å². The van der Waals surface area contributed by atoms with E-state index in [0.29, 0.717) is 23.1 Å². The van der Waals surface area contributed by atoms with Gasteiger partial charge in [-0.1, -0.05) is 30.0 Å². The van der Waals surface area contributed by atoms with Crippen molar-refractivity contribution in [3.05, 3.63) is 42.7 Å². The summed E-state index contributed by atoms with van der Waals surface area (Å²) in [6.07, 6.45) is 1.63. The number of thioether (sulfide) groups is 1. The van der Waals surface area contributed by atoms with Crippen LogP contribution in [0.3, 0.4) is 0 Å². The maximum Gasteiger partial charge on any atom is 0.321 e. The molecule has 0 fully saturated rings. The first-order valence-electron chi connectivity index (χ1n) is 7.46. The third kappa shape index (κ3) is 4.44. The zero-order valence-electron chi connectivity index (χ0n) is 13.8. The molecule has 0 saturated heterocycles. The third-order valence-electron chi connectivity index (χ3n) is 3.26. The number of carbonyl (C=O) groups excluding carboxylic acids is 2. The first-order chi connectivity index (χ1) is 12.0. The molecular formula is C16H18FN5O2S.